The number of hydrogen-bond donors (Lipinski definition) is 2. The number of aliphatic hydroxyl groups excluding tert-OH is 2. The first-order valence-corrected chi connectivity index (χ1v) is 7.01. The van der Waals surface area contributed by atoms with Crippen molar-refractivity contribution in [2.45, 2.75) is 65.1 Å². The minimum Gasteiger partial charge on any atom is -0.393 e. The van der Waals surface area contributed by atoms with E-state index in [0.717, 1.165) is 32.1 Å². The van der Waals surface area contributed by atoms with Gasteiger partial charge in [0.1, 0.15) is 0 Å². The molecule has 0 aliphatic heterocycles. The summed E-state index contributed by atoms with van der Waals surface area (Å²) in [4.78, 5) is 0. The standard InChI is InChI=1S/C15H26O2/c1-10(2)14-12-5-4-11(16)6-8-15(12,3)9-7-13(14)17/h5,10-11,13-14,16-17H,4,6-9H2,1-3H3. The minimum absolute atomic E-state index is 0.185. The van der Waals surface area contributed by atoms with Crippen LogP contribution in [0.2, 0.25) is 0 Å². The maximum Gasteiger partial charge on any atom is 0.0608 e. The predicted molar refractivity (Wildman–Crippen MR) is 69.6 cm³/mol. The van der Waals surface area contributed by atoms with Crippen LogP contribution in [-0.4, -0.2) is 22.4 Å². The molecule has 0 bridgehead atoms. The smallest absolute Gasteiger partial charge is 0.0608 e. The molecule has 17 heavy (non-hydrogen) atoms. The molecule has 98 valence electrons. The molecule has 0 saturated heterocycles. The van der Waals surface area contributed by atoms with E-state index >= 15 is 0 Å². The molecule has 0 aromatic rings. The Morgan fingerprint density at radius 1 is 1.24 bits per heavy atom. The van der Waals surface area contributed by atoms with Crippen LogP contribution in [0.5, 0.6) is 0 Å². The first kappa shape index (κ1) is 13.1. The molecule has 1 fully saturated rings. The van der Waals surface area contributed by atoms with Crippen LogP contribution in [0.1, 0.15) is 52.9 Å². The van der Waals surface area contributed by atoms with Crippen molar-refractivity contribution in [1.82, 2.24) is 0 Å². The summed E-state index contributed by atoms with van der Waals surface area (Å²) in [6.45, 7) is 6.71. The summed E-state index contributed by atoms with van der Waals surface area (Å²) in [5.41, 5.74) is 1.63. The molecule has 2 aliphatic rings. The second-order valence-electron chi connectivity index (χ2n) is 6.52. The van der Waals surface area contributed by atoms with Crippen LogP contribution in [0.4, 0.5) is 0 Å². The van der Waals surface area contributed by atoms with Gasteiger partial charge in [0.2, 0.25) is 0 Å². The maximum atomic E-state index is 10.2. The number of rotatable bonds is 1. The van der Waals surface area contributed by atoms with Crippen molar-refractivity contribution in [1.29, 1.82) is 0 Å². The van der Waals surface area contributed by atoms with Crippen LogP contribution in [-0.2, 0) is 0 Å². The van der Waals surface area contributed by atoms with Gasteiger partial charge in [-0.2, -0.15) is 0 Å². The fourth-order valence-corrected chi connectivity index (χ4v) is 3.72. The molecule has 2 rings (SSSR count). The zero-order valence-corrected chi connectivity index (χ0v) is 11.3. The van der Waals surface area contributed by atoms with Crippen molar-refractivity contribution in [2.24, 2.45) is 17.3 Å². The molecular formula is C15H26O2. The van der Waals surface area contributed by atoms with E-state index in [1.54, 1.807) is 0 Å². The van der Waals surface area contributed by atoms with E-state index in [1.165, 1.54) is 5.57 Å². The molecule has 4 atom stereocenters. The first-order chi connectivity index (χ1) is 7.94. The summed E-state index contributed by atoms with van der Waals surface area (Å²) in [5.74, 6) is 0.769. The monoisotopic (exact) mass is 238 g/mol. The lowest BCUT2D eigenvalue weighted by atomic mass is 9.61. The molecule has 0 heterocycles. The Morgan fingerprint density at radius 3 is 2.53 bits per heavy atom. The third-order valence-electron chi connectivity index (χ3n) is 4.82. The van der Waals surface area contributed by atoms with Crippen LogP contribution in [0.25, 0.3) is 0 Å². The Labute approximate surface area is 105 Å². The summed E-state index contributed by atoms with van der Waals surface area (Å²) < 4.78 is 0. The molecule has 0 aromatic carbocycles. The number of fused-ring (bicyclic) bond motifs is 1. The van der Waals surface area contributed by atoms with Gasteiger partial charge in [-0.05, 0) is 43.4 Å². The highest BCUT2D eigenvalue weighted by Gasteiger charge is 2.43. The van der Waals surface area contributed by atoms with Crippen molar-refractivity contribution >= 4 is 0 Å². The van der Waals surface area contributed by atoms with E-state index in [2.05, 4.69) is 26.8 Å². The zero-order valence-electron chi connectivity index (χ0n) is 11.3. The van der Waals surface area contributed by atoms with E-state index in [9.17, 15) is 10.2 Å². The van der Waals surface area contributed by atoms with Crippen LogP contribution in [0.3, 0.4) is 0 Å². The van der Waals surface area contributed by atoms with E-state index in [0.29, 0.717) is 11.8 Å². The molecule has 0 spiro atoms. The van der Waals surface area contributed by atoms with Crippen LogP contribution < -0.4 is 0 Å². The molecular weight excluding hydrogens is 212 g/mol. The molecule has 2 heteroatoms. The summed E-state index contributed by atoms with van der Waals surface area (Å²) in [7, 11) is 0. The van der Waals surface area contributed by atoms with Gasteiger partial charge in [-0.3, -0.25) is 0 Å². The van der Waals surface area contributed by atoms with Crippen LogP contribution in [0, 0.1) is 17.3 Å². The Bertz CT molecular complexity index is 308. The second kappa shape index (κ2) is 4.74. The molecule has 1 saturated carbocycles. The van der Waals surface area contributed by atoms with Crippen molar-refractivity contribution in [3.8, 4) is 0 Å². The van der Waals surface area contributed by atoms with E-state index in [-0.39, 0.29) is 17.6 Å². The van der Waals surface area contributed by atoms with Gasteiger partial charge in [-0.1, -0.05) is 32.4 Å². The Hall–Kier alpha value is -0.340. The number of hydrogen-bond acceptors (Lipinski definition) is 2. The van der Waals surface area contributed by atoms with E-state index in [4.69, 9.17) is 0 Å². The van der Waals surface area contributed by atoms with Gasteiger partial charge in [0, 0.05) is 5.92 Å². The summed E-state index contributed by atoms with van der Waals surface area (Å²) in [6, 6.07) is 0. The summed E-state index contributed by atoms with van der Waals surface area (Å²) in [6.07, 6.45) is 6.56. The first-order valence-electron chi connectivity index (χ1n) is 7.01. The SMILES string of the molecule is CC(C)C1C2=CCC(O)CCC2(C)CCC1O. The summed E-state index contributed by atoms with van der Waals surface area (Å²) >= 11 is 0. The third-order valence-corrected chi connectivity index (χ3v) is 4.82. The van der Waals surface area contributed by atoms with Crippen LogP contribution in [0.15, 0.2) is 11.6 Å². The quantitative estimate of drug-likeness (QED) is 0.690. The molecule has 2 aliphatic carbocycles. The lowest BCUT2D eigenvalue weighted by Gasteiger charge is -2.45. The fraction of sp³-hybridized carbons (Fsp3) is 0.867. The second-order valence-corrected chi connectivity index (χ2v) is 6.52. The van der Waals surface area contributed by atoms with Crippen molar-refractivity contribution in [3.05, 3.63) is 11.6 Å². The highest BCUT2D eigenvalue weighted by atomic mass is 16.3. The average molecular weight is 238 g/mol. The lowest BCUT2D eigenvalue weighted by molar-refractivity contribution is 0.0366. The van der Waals surface area contributed by atoms with Gasteiger partial charge < -0.3 is 10.2 Å². The molecule has 0 radical (unpaired) electrons. The lowest BCUT2D eigenvalue weighted by Crippen LogP contribution is -2.40. The Morgan fingerprint density at radius 2 is 1.88 bits per heavy atom. The van der Waals surface area contributed by atoms with Gasteiger partial charge in [0.05, 0.1) is 12.2 Å². The third kappa shape index (κ3) is 2.43. The minimum atomic E-state index is -0.190. The van der Waals surface area contributed by atoms with Gasteiger partial charge in [0.15, 0.2) is 0 Å². The normalized spacial score (nSPS) is 42.9. The van der Waals surface area contributed by atoms with Gasteiger partial charge in [-0.25, -0.2) is 0 Å². The van der Waals surface area contributed by atoms with Crippen LogP contribution >= 0.6 is 0 Å². The number of aliphatic hydroxyl groups is 2. The molecule has 0 aromatic heterocycles. The predicted octanol–water partition coefficient (Wildman–Crippen LogP) is 2.89. The van der Waals surface area contributed by atoms with Crippen molar-refractivity contribution in [2.75, 3.05) is 0 Å². The van der Waals surface area contributed by atoms with E-state index < -0.39 is 0 Å². The zero-order chi connectivity index (χ0) is 12.6. The summed E-state index contributed by atoms with van der Waals surface area (Å²) in [5, 5.41) is 20.1. The molecule has 2 nitrogen and oxygen atoms in total. The maximum absolute atomic E-state index is 10.2. The average Bonchev–Trinajstić information content (AvgIpc) is 2.40. The van der Waals surface area contributed by atoms with Crippen molar-refractivity contribution in [3.63, 3.8) is 0 Å². The highest BCUT2D eigenvalue weighted by molar-refractivity contribution is 5.23. The Balaban J connectivity index is 2.33. The largest absolute Gasteiger partial charge is 0.393 e. The van der Waals surface area contributed by atoms with Gasteiger partial charge in [-0.15, -0.1) is 0 Å². The van der Waals surface area contributed by atoms with Gasteiger partial charge >= 0.3 is 0 Å². The topological polar surface area (TPSA) is 40.5 Å². The molecule has 2 N–H and O–H groups in total. The van der Waals surface area contributed by atoms with Gasteiger partial charge in [0.25, 0.3) is 0 Å². The molecule has 4 unspecified atom stereocenters. The molecule has 0 amide bonds. The fourth-order valence-electron chi connectivity index (χ4n) is 3.72. The van der Waals surface area contributed by atoms with E-state index in [1.807, 2.05) is 0 Å². The Kier molecular flexibility index (Phi) is 3.65. The highest BCUT2D eigenvalue weighted by Crippen LogP contribution is 2.50. The van der Waals surface area contributed by atoms with Crippen molar-refractivity contribution < 1.29 is 10.2 Å².